The summed E-state index contributed by atoms with van der Waals surface area (Å²) >= 11 is 6.17. The van der Waals surface area contributed by atoms with Gasteiger partial charge in [0, 0.05) is 35.8 Å². The quantitative estimate of drug-likeness (QED) is 0.588. The van der Waals surface area contributed by atoms with Gasteiger partial charge >= 0.3 is 0 Å². The van der Waals surface area contributed by atoms with Crippen LogP contribution in [-0.2, 0) is 17.8 Å². The number of amides is 1. The van der Waals surface area contributed by atoms with Crippen LogP contribution < -0.4 is 5.32 Å². The number of carbonyl (C=O) groups is 1. The van der Waals surface area contributed by atoms with Crippen molar-refractivity contribution < 1.29 is 9.90 Å². The second kappa shape index (κ2) is 9.35. The van der Waals surface area contributed by atoms with Gasteiger partial charge in [-0.15, -0.1) is 0 Å². The molecule has 4 rings (SSSR count). The van der Waals surface area contributed by atoms with Gasteiger partial charge in [-0.25, -0.2) is 0 Å². The highest BCUT2D eigenvalue weighted by molar-refractivity contribution is 6.30. The third kappa shape index (κ3) is 5.24. The smallest absolute Gasteiger partial charge is 0.221 e. The number of halogens is 1. The Morgan fingerprint density at radius 3 is 2.84 bits per heavy atom. The summed E-state index contributed by atoms with van der Waals surface area (Å²) in [5.41, 5.74) is 3.64. The highest BCUT2D eigenvalue weighted by Crippen LogP contribution is 2.34. The molecule has 162 valence electrons. The standard InChI is InChI=1S/C25H28ClN3O2/c1-18(31)27-23-7-3-8-24-22(23)10-9-21(28-24)15-29-12-4-11-25(16-29,17-30)14-19-5-2-6-20(26)13-19/h2-3,5-10,13,30H,4,11-12,14-17H2,1H3,(H,27,31). The fourth-order valence-electron chi connectivity index (χ4n) is 4.67. The summed E-state index contributed by atoms with van der Waals surface area (Å²) in [5, 5.41) is 14.8. The van der Waals surface area contributed by atoms with Gasteiger partial charge in [0.2, 0.25) is 5.91 Å². The number of hydrogen-bond acceptors (Lipinski definition) is 4. The fourth-order valence-corrected chi connectivity index (χ4v) is 4.88. The summed E-state index contributed by atoms with van der Waals surface area (Å²) in [4.78, 5) is 18.7. The predicted octanol–water partition coefficient (Wildman–Crippen LogP) is 4.66. The maximum absolute atomic E-state index is 11.5. The Morgan fingerprint density at radius 1 is 1.23 bits per heavy atom. The minimum atomic E-state index is -0.168. The van der Waals surface area contributed by atoms with Crippen LogP contribution in [0.1, 0.15) is 31.0 Å². The van der Waals surface area contributed by atoms with Crippen molar-refractivity contribution in [3.8, 4) is 0 Å². The van der Waals surface area contributed by atoms with Crippen LogP contribution in [0.25, 0.3) is 10.9 Å². The summed E-state index contributed by atoms with van der Waals surface area (Å²) in [7, 11) is 0. The van der Waals surface area contributed by atoms with Crippen LogP contribution in [0.3, 0.4) is 0 Å². The molecule has 0 spiro atoms. The maximum atomic E-state index is 11.5. The van der Waals surface area contributed by atoms with Gasteiger partial charge in [-0.1, -0.05) is 29.8 Å². The van der Waals surface area contributed by atoms with Crippen molar-refractivity contribution >= 4 is 34.1 Å². The van der Waals surface area contributed by atoms with Gasteiger partial charge in [0.1, 0.15) is 0 Å². The molecule has 6 heteroatoms. The van der Waals surface area contributed by atoms with Gasteiger partial charge in [-0.05, 0) is 67.8 Å². The molecule has 31 heavy (non-hydrogen) atoms. The largest absolute Gasteiger partial charge is 0.396 e. The number of likely N-dealkylation sites (tertiary alicyclic amines) is 1. The molecule has 1 aromatic heterocycles. The SMILES string of the molecule is CC(=O)Nc1cccc2nc(CN3CCCC(CO)(Cc4cccc(Cl)c4)C3)ccc12. The lowest BCUT2D eigenvalue weighted by Gasteiger charge is -2.42. The molecule has 3 aromatic rings. The van der Waals surface area contributed by atoms with E-state index in [0.717, 1.165) is 71.8 Å². The number of aliphatic hydroxyl groups excluding tert-OH is 1. The van der Waals surface area contributed by atoms with Crippen molar-refractivity contribution in [3.05, 3.63) is 70.9 Å². The Bertz CT molecular complexity index is 1090. The van der Waals surface area contributed by atoms with Gasteiger partial charge in [0.25, 0.3) is 0 Å². The van der Waals surface area contributed by atoms with E-state index in [-0.39, 0.29) is 17.9 Å². The van der Waals surface area contributed by atoms with E-state index in [0.29, 0.717) is 0 Å². The van der Waals surface area contributed by atoms with E-state index in [1.165, 1.54) is 6.92 Å². The van der Waals surface area contributed by atoms with Crippen molar-refractivity contribution in [3.63, 3.8) is 0 Å². The van der Waals surface area contributed by atoms with Crippen molar-refractivity contribution in [2.45, 2.75) is 32.7 Å². The van der Waals surface area contributed by atoms with Crippen molar-refractivity contribution in [1.82, 2.24) is 9.88 Å². The molecular formula is C25H28ClN3O2. The van der Waals surface area contributed by atoms with Gasteiger partial charge < -0.3 is 10.4 Å². The number of nitrogens with zero attached hydrogens (tertiary/aromatic N) is 2. The Morgan fingerprint density at radius 2 is 2.06 bits per heavy atom. The van der Waals surface area contributed by atoms with Gasteiger partial charge in [-0.3, -0.25) is 14.7 Å². The zero-order valence-electron chi connectivity index (χ0n) is 17.8. The fraction of sp³-hybridized carbons (Fsp3) is 0.360. The molecule has 0 bridgehead atoms. The number of aromatic nitrogens is 1. The van der Waals surface area contributed by atoms with Crippen LogP contribution in [0.5, 0.6) is 0 Å². The Kier molecular flexibility index (Phi) is 6.56. The molecule has 0 saturated carbocycles. The Labute approximate surface area is 188 Å². The van der Waals surface area contributed by atoms with E-state index in [1.54, 1.807) is 0 Å². The number of carbonyl (C=O) groups excluding carboxylic acids is 1. The molecule has 5 nitrogen and oxygen atoms in total. The molecule has 1 fully saturated rings. The van der Waals surface area contributed by atoms with E-state index in [4.69, 9.17) is 16.6 Å². The normalized spacial score (nSPS) is 19.5. The monoisotopic (exact) mass is 437 g/mol. The third-order valence-corrected chi connectivity index (χ3v) is 6.26. The molecule has 1 aliphatic rings. The summed E-state index contributed by atoms with van der Waals surface area (Å²) in [6, 6.07) is 17.8. The summed E-state index contributed by atoms with van der Waals surface area (Å²) in [6.07, 6.45) is 2.85. The number of piperidine rings is 1. The van der Waals surface area contributed by atoms with Crippen LogP contribution in [0.4, 0.5) is 5.69 Å². The molecule has 0 radical (unpaired) electrons. The maximum Gasteiger partial charge on any atom is 0.221 e. The number of aliphatic hydroxyl groups is 1. The molecule has 1 unspecified atom stereocenters. The molecule has 1 atom stereocenters. The number of benzene rings is 2. The van der Waals surface area contributed by atoms with Gasteiger partial charge in [0.15, 0.2) is 0 Å². The van der Waals surface area contributed by atoms with E-state index < -0.39 is 0 Å². The first-order valence-electron chi connectivity index (χ1n) is 10.7. The zero-order valence-corrected chi connectivity index (χ0v) is 18.5. The summed E-state index contributed by atoms with van der Waals surface area (Å²) < 4.78 is 0. The molecule has 2 N–H and O–H groups in total. The number of rotatable bonds is 6. The summed E-state index contributed by atoms with van der Waals surface area (Å²) in [5.74, 6) is -0.0926. The van der Waals surface area contributed by atoms with E-state index in [1.807, 2.05) is 48.5 Å². The predicted molar refractivity (Wildman–Crippen MR) is 125 cm³/mol. The minimum Gasteiger partial charge on any atom is -0.396 e. The number of hydrogen-bond donors (Lipinski definition) is 2. The van der Waals surface area contributed by atoms with E-state index in [2.05, 4.69) is 16.3 Å². The Balaban J connectivity index is 1.51. The van der Waals surface area contributed by atoms with Gasteiger partial charge in [-0.2, -0.15) is 0 Å². The molecule has 2 heterocycles. The molecular weight excluding hydrogens is 410 g/mol. The van der Waals surface area contributed by atoms with E-state index in [9.17, 15) is 9.90 Å². The number of pyridine rings is 1. The molecule has 1 aliphatic heterocycles. The van der Waals surface area contributed by atoms with Crippen molar-refractivity contribution in [2.75, 3.05) is 25.0 Å². The average molecular weight is 438 g/mol. The second-order valence-electron chi connectivity index (χ2n) is 8.64. The van der Waals surface area contributed by atoms with Gasteiger partial charge in [0.05, 0.1) is 23.5 Å². The Hall–Kier alpha value is -2.47. The van der Waals surface area contributed by atoms with Crippen molar-refractivity contribution in [2.24, 2.45) is 5.41 Å². The molecule has 2 aromatic carbocycles. The van der Waals surface area contributed by atoms with Crippen LogP contribution in [0, 0.1) is 5.41 Å². The number of fused-ring (bicyclic) bond motifs is 1. The summed E-state index contributed by atoms with van der Waals surface area (Å²) in [6.45, 7) is 4.21. The first-order valence-corrected chi connectivity index (χ1v) is 11.1. The first kappa shape index (κ1) is 21.8. The van der Waals surface area contributed by atoms with E-state index >= 15 is 0 Å². The average Bonchev–Trinajstić information content (AvgIpc) is 2.74. The van der Waals surface area contributed by atoms with Crippen LogP contribution in [0.2, 0.25) is 5.02 Å². The highest BCUT2D eigenvalue weighted by atomic mass is 35.5. The third-order valence-electron chi connectivity index (χ3n) is 6.03. The van der Waals surface area contributed by atoms with Crippen LogP contribution in [-0.4, -0.2) is 40.6 Å². The number of nitrogens with one attached hydrogen (secondary N) is 1. The first-order chi connectivity index (χ1) is 15.0. The van der Waals surface area contributed by atoms with Crippen molar-refractivity contribution in [1.29, 1.82) is 0 Å². The molecule has 1 saturated heterocycles. The lowest BCUT2D eigenvalue weighted by atomic mass is 9.75. The topological polar surface area (TPSA) is 65.5 Å². The lowest BCUT2D eigenvalue weighted by Crippen LogP contribution is -2.46. The zero-order chi connectivity index (χ0) is 21.8. The molecule has 0 aliphatic carbocycles. The highest BCUT2D eigenvalue weighted by Gasteiger charge is 2.35. The van der Waals surface area contributed by atoms with Crippen LogP contribution in [0.15, 0.2) is 54.6 Å². The number of anilines is 1. The minimum absolute atomic E-state index is 0.0926. The second-order valence-corrected chi connectivity index (χ2v) is 9.07. The van der Waals surface area contributed by atoms with Crippen LogP contribution >= 0.6 is 11.6 Å². The lowest BCUT2D eigenvalue weighted by molar-refractivity contribution is -0.114. The molecule has 1 amide bonds.